The number of nitriles is 1. The Balaban J connectivity index is 2.00. The van der Waals surface area contributed by atoms with Crippen molar-refractivity contribution in [2.45, 2.75) is 38.2 Å². The number of Topliss-reactive ketones (excluding diaryl/α,β-unsaturated/α-hetero) is 1. The Morgan fingerprint density at radius 3 is 2.67 bits per heavy atom. The fourth-order valence-electron chi connectivity index (χ4n) is 3.73. The summed E-state index contributed by atoms with van der Waals surface area (Å²) < 4.78 is 5.73. The Kier molecular flexibility index (Phi) is 4.67. The van der Waals surface area contributed by atoms with Crippen LogP contribution in [0.4, 0.5) is 0 Å². The number of rotatable bonds is 3. The second kappa shape index (κ2) is 6.58. The number of likely N-dealkylation sites (tertiary alicyclic amines) is 1. The largest absolute Gasteiger partial charge is 0.378 e. The molecule has 1 aromatic rings. The molecule has 4 nitrogen and oxygen atoms in total. The summed E-state index contributed by atoms with van der Waals surface area (Å²) in [4.78, 5) is 14.6. The summed E-state index contributed by atoms with van der Waals surface area (Å²) in [6, 6.07) is 7.68. The van der Waals surface area contributed by atoms with Crippen LogP contribution in [-0.2, 0) is 16.0 Å². The van der Waals surface area contributed by atoms with Gasteiger partial charge in [0.2, 0.25) is 0 Å². The second-order valence-corrected chi connectivity index (χ2v) is 6.90. The van der Waals surface area contributed by atoms with E-state index in [0.717, 1.165) is 49.2 Å². The molecular formula is C19H21ClN2O2. The molecule has 1 heterocycles. The monoisotopic (exact) mass is 344 g/mol. The van der Waals surface area contributed by atoms with E-state index in [2.05, 4.69) is 17.9 Å². The quantitative estimate of drug-likeness (QED) is 0.840. The predicted molar refractivity (Wildman–Crippen MR) is 93.5 cm³/mol. The Bertz CT molecular complexity index is 734. The molecular weight excluding hydrogens is 324 g/mol. The topological polar surface area (TPSA) is 53.3 Å². The average Bonchev–Trinajstić information content (AvgIpc) is 2.61. The highest BCUT2D eigenvalue weighted by atomic mass is 35.5. The highest BCUT2D eigenvalue weighted by Gasteiger charge is 2.36. The van der Waals surface area contributed by atoms with Crippen molar-refractivity contribution in [2.24, 2.45) is 0 Å². The van der Waals surface area contributed by atoms with Crippen molar-refractivity contribution >= 4 is 23.1 Å². The molecule has 0 unspecified atom stereocenters. The van der Waals surface area contributed by atoms with Gasteiger partial charge < -0.3 is 9.64 Å². The highest BCUT2D eigenvalue weighted by Crippen LogP contribution is 2.38. The molecule has 1 aliphatic carbocycles. The summed E-state index contributed by atoms with van der Waals surface area (Å²) in [5, 5.41) is 10.2. The van der Waals surface area contributed by atoms with Crippen LogP contribution in [0.1, 0.15) is 37.3 Å². The molecule has 0 spiro atoms. The third-order valence-corrected chi connectivity index (χ3v) is 5.61. The maximum Gasteiger partial charge on any atom is 0.179 e. The van der Waals surface area contributed by atoms with Gasteiger partial charge in [-0.15, -0.1) is 0 Å². The van der Waals surface area contributed by atoms with Gasteiger partial charge in [0.1, 0.15) is 11.6 Å². The number of methoxy groups -OCH3 is 1. The van der Waals surface area contributed by atoms with Gasteiger partial charge in [-0.25, -0.2) is 0 Å². The number of carbonyl (C=O) groups excluding carboxylic acids is 1. The van der Waals surface area contributed by atoms with Gasteiger partial charge in [-0.3, -0.25) is 4.79 Å². The van der Waals surface area contributed by atoms with Crippen LogP contribution in [0, 0.1) is 11.3 Å². The van der Waals surface area contributed by atoms with E-state index in [1.54, 1.807) is 13.2 Å². The number of ketones is 1. The van der Waals surface area contributed by atoms with E-state index in [1.807, 2.05) is 12.1 Å². The number of hydrogen-bond acceptors (Lipinski definition) is 4. The molecule has 1 saturated heterocycles. The molecule has 24 heavy (non-hydrogen) atoms. The Labute approximate surface area is 147 Å². The van der Waals surface area contributed by atoms with Gasteiger partial charge in [0, 0.05) is 37.2 Å². The average molecular weight is 345 g/mol. The van der Waals surface area contributed by atoms with Gasteiger partial charge >= 0.3 is 0 Å². The summed E-state index contributed by atoms with van der Waals surface area (Å²) in [5.74, 6) is -0.110. The van der Waals surface area contributed by atoms with E-state index in [1.165, 1.54) is 0 Å². The van der Waals surface area contributed by atoms with Crippen LogP contribution >= 0.6 is 11.6 Å². The van der Waals surface area contributed by atoms with Crippen LogP contribution in [0.3, 0.4) is 0 Å². The van der Waals surface area contributed by atoms with Gasteiger partial charge in [0.25, 0.3) is 0 Å². The van der Waals surface area contributed by atoms with Gasteiger partial charge in [-0.05, 0) is 37.0 Å². The lowest BCUT2D eigenvalue weighted by Gasteiger charge is -2.43. The molecule has 0 saturated carbocycles. The molecule has 0 atom stereocenters. The van der Waals surface area contributed by atoms with Crippen LogP contribution in [-0.4, -0.2) is 36.5 Å². The minimum Gasteiger partial charge on any atom is -0.378 e. The van der Waals surface area contributed by atoms with Crippen molar-refractivity contribution in [1.82, 2.24) is 4.90 Å². The fraction of sp³-hybridized carbons (Fsp3) is 0.474. The molecule has 0 N–H and O–H groups in total. The lowest BCUT2D eigenvalue weighted by Crippen LogP contribution is -2.45. The van der Waals surface area contributed by atoms with E-state index in [9.17, 15) is 10.1 Å². The van der Waals surface area contributed by atoms with E-state index >= 15 is 0 Å². The first-order valence-electron chi connectivity index (χ1n) is 8.30. The van der Waals surface area contributed by atoms with E-state index in [0.29, 0.717) is 5.02 Å². The van der Waals surface area contributed by atoms with Crippen molar-refractivity contribution in [3.05, 3.63) is 39.9 Å². The lowest BCUT2D eigenvalue weighted by molar-refractivity contribution is -0.114. The number of carbonyl (C=O) groups is 1. The summed E-state index contributed by atoms with van der Waals surface area (Å²) in [5.41, 5.74) is 2.76. The van der Waals surface area contributed by atoms with Gasteiger partial charge in [-0.1, -0.05) is 24.6 Å². The summed E-state index contributed by atoms with van der Waals surface area (Å²) in [7, 11) is 1.76. The molecule has 1 fully saturated rings. The maximum atomic E-state index is 12.4. The third kappa shape index (κ3) is 2.83. The molecule has 126 valence electrons. The summed E-state index contributed by atoms with van der Waals surface area (Å²) >= 11 is 6.17. The third-order valence-electron chi connectivity index (χ3n) is 5.37. The minimum atomic E-state index is -0.110. The molecule has 1 aromatic carbocycles. The van der Waals surface area contributed by atoms with Gasteiger partial charge in [-0.2, -0.15) is 5.26 Å². The van der Waals surface area contributed by atoms with Crippen LogP contribution in [0.2, 0.25) is 5.02 Å². The van der Waals surface area contributed by atoms with Gasteiger partial charge in [0.05, 0.1) is 11.3 Å². The van der Waals surface area contributed by atoms with Crippen molar-refractivity contribution in [2.75, 3.05) is 20.2 Å². The summed E-state index contributed by atoms with van der Waals surface area (Å²) in [6.45, 7) is 3.67. The standard InChI is InChI=1S/C19H21ClN2O2/c1-3-19(24-2)6-8-22(9-7-19)18-15-11-14(20)5-4-13(15)10-17(23)16(18)12-21/h4-5,11H,3,6-10H2,1-2H3. The number of allylic oxidation sites excluding steroid dienone is 1. The molecule has 1 aliphatic heterocycles. The smallest absolute Gasteiger partial charge is 0.179 e. The van der Waals surface area contributed by atoms with Crippen LogP contribution < -0.4 is 0 Å². The van der Waals surface area contributed by atoms with Crippen LogP contribution in [0.5, 0.6) is 0 Å². The number of hydrogen-bond donors (Lipinski definition) is 0. The normalized spacial score (nSPS) is 19.9. The first-order valence-corrected chi connectivity index (χ1v) is 8.68. The number of nitrogens with zero attached hydrogens (tertiary/aromatic N) is 2. The number of halogens is 1. The zero-order valence-electron chi connectivity index (χ0n) is 14.1. The Morgan fingerprint density at radius 1 is 1.38 bits per heavy atom. The SMILES string of the molecule is CCC1(OC)CCN(C2=C(C#N)C(=O)Cc3ccc(Cl)cc32)CC1. The van der Waals surface area contributed by atoms with Crippen molar-refractivity contribution in [1.29, 1.82) is 5.26 Å². The molecule has 3 rings (SSSR count). The van der Waals surface area contributed by atoms with Crippen LogP contribution in [0.25, 0.3) is 5.70 Å². The van der Waals surface area contributed by atoms with Gasteiger partial charge in [0.15, 0.2) is 5.78 Å². The molecule has 0 radical (unpaired) electrons. The van der Waals surface area contributed by atoms with E-state index in [-0.39, 0.29) is 23.4 Å². The second-order valence-electron chi connectivity index (χ2n) is 6.46. The van der Waals surface area contributed by atoms with E-state index in [4.69, 9.17) is 16.3 Å². The highest BCUT2D eigenvalue weighted by molar-refractivity contribution is 6.31. The number of piperidine rings is 1. The Hall–Kier alpha value is -1.83. The lowest BCUT2D eigenvalue weighted by atomic mass is 9.84. The molecule has 2 aliphatic rings. The predicted octanol–water partition coefficient (Wildman–Crippen LogP) is 3.59. The fourth-order valence-corrected chi connectivity index (χ4v) is 3.91. The van der Waals surface area contributed by atoms with Crippen LogP contribution in [0.15, 0.2) is 23.8 Å². The molecule has 0 amide bonds. The summed E-state index contributed by atoms with van der Waals surface area (Å²) in [6.07, 6.45) is 2.99. The zero-order chi connectivity index (χ0) is 17.3. The molecule has 0 aromatic heterocycles. The van der Waals surface area contributed by atoms with Crippen molar-refractivity contribution in [3.8, 4) is 6.07 Å². The zero-order valence-corrected chi connectivity index (χ0v) is 14.8. The number of benzene rings is 1. The number of fused-ring (bicyclic) bond motifs is 1. The molecule has 5 heteroatoms. The minimum absolute atomic E-state index is 0.0975. The Morgan fingerprint density at radius 2 is 2.08 bits per heavy atom. The number of ether oxygens (including phenoxy) is 1. The van der Waals surface area contributed by atoms with Crippen molar-refractivity contribution < 1.29 is 9.53 Å². The maximum absolute atomic E-state index is 12.4. The first-order chi connectivity index (χ1) is 11.5. The van der Waals surface area contributed by atoms with Crippen molar-refractivity contribution in [3.63, 3.8) is 0 Å². The first kappa shape index (κ1) is 17.0. The molecule has 0 bridgehead atoms. The van der Waals surface area contributed by atoms with E-state index < -0.39 is 0 Å².